The van der Waals surface area contributed by atoms with Crippen molar-refractivity contribution in [2.45, 2.75) is 12.4 Å². The molecule has 0 aliphatic heterocycles. The summed E-state index contributed by atoms with van der Waals surface area (Å²) in [7, 11) is 0. The Bertz CT molecular complexity index is 593. The van der Waals surface area contributed by atoms with Crippen LogP contribution in [-0.2, 0) is 0 Å². The van der Waals surface area contributed by atoms with E-state index < -0.39 is 58.3 Å². The molecule has 14 heteroatoms. The molecule has 8 nitrogen and oxygen atoms in total. The highest BCUT2D eigenvalue weighted by atomic mass is 19.4. The van der Waals surface area contributed by atoms with Crippen LogP contribution >= 0.6 is 0 Å². The second-order valence-electron chi connectivity index (χ2n) is 4.11. The van der Waals surface area contributed by atoms with Crippen molar-refractivity contribution < 1.29 is 45.7 Å². The van der Waals surface area contributed by atoms with Gasteiger partial charge in [0.25, 0.3) is 0 Å². The Labute approximate surface area is 127 Å². The van der Waals surface area contributed by atoms with Gasteiger partial charge in [0.05, 0.1) is 9.85 Å². The lowest BCUT2D eigenvalue weighted by Crippen LogP contribution is -2.21. The minimum absolute atomic E-state index is 0.150. The summed E-state index contributed by atoms with van der Waals surface area (Å²) in [6.07, 6.45) is -9.80. The van der Waals surface area contributed by atoms with Gasteiger partial charge in [-0.15, -0.1) is 0 Å². The average molecular weight is 364 g/mol. The van der Waals surface area contributed by atoms with Crippen molar-refractivity contribution in [3.63, 3.8) is 0 Å². The van der Waals surface area contributed by atoms with Crippen molar-refractivity contribution in [3.05, 3.63) is 32.4 Å². The van der Waals surface area contributed by atoms with E-state index in [9.17, 15) is 46.6 Å². The first-order valence-electron chi connectivity index (χ1n) is 5.66. The second-order valence-corrected chi connectivity index (χ2v) is 4.11. The van der Waals surface area contributed by atoms with Gasteiger partial charge in [0, 0.05) is 6.07 Å². The molecule has 134 valence electrons. The minimum Gasteiger partial charge on any atom is -0.477 e. The molecule has 0 aliphatic carbocycles. The predicted molar refractivity (Wildman–Crippen MR) is 62.9 cm³/mol. The number of hydrogen-bond donors (Lipinski definition) is 0. The molecule has 0 heterocycles. The van der Waals surface area contributed by atoms with E-state index in [2.05, 4.69) is 9.47 Å². The number of ether oxygens (including phenoxy) is 2. The summed E-state index contributed by atoms with van der Waals surface area (Å²) in [5.74, 6) is -2.25. The monoisotopic (exact) mass is 364 g/mol. The predicted octanol–water partition coefficient (Wildman–Crippen LogP) is 3.39. The van der Waals surface area contributed by atoms with Gasteiger partial charge in [-0.1, -0.05) is 0 Å². The van der Waals surface area contributed by atoms with Crippen molar-refractivity contribution in [2.24, 2.45) is 0 Å². The van der Waals surface area contributed by atoms with Gasteiger partial charge < -0.3 is 9.47 Å². The van der Waals surface area contributed by atoms with Crippen LogP contribution in [0.1, 0.15) is 0 Å². The smallest absolute Gasteiger partial charge is 0.422 e. The summed E-state index contributed by atoms with van der Waals surface area (Å²) in [6, 6.07) is 0.380. The Morgan fingerprint density at radius 1 is 0.792 bits per heavy atom. The first kappa shape index (κ1) is 19.2. The number of hydrogen-bond acceptors (Lipinski definition) is 6. The number of benzene rings is 1. The van der Waals surface area contributed by atoms with Crippen LogP contribution in [0.4, 0.5) is 37.7 Å². The molecule has 0 unspecified atom stereocenters. The third kappa shape index (κ3) is 5.77. The van der Waals surface area contributed by atoms with E-state index in [1.54, 1.807) is 0 Å². The fourth-order valence-electron chi connectivity index (χ4n) is 1.37. The maximum absolute atomic E-state index is 12.1. The molecule has 0 fully saturated rings. The summed E-state index contributed by atoms with van der Waals surface area (Å²) in [5, 5.41) is 21.5. The molecule has 0 aromatic heterocycles. The zero-order chi connectivity index (χ0) is 18.7. The van der Waals surface area contributed by atoms with Gasteiger partial charge in [0.2, 0.25) is 11.5 Å². The fraction of sp³-hybridized carbons (Fsp3) is 0.400. The Kier molecular flexibility index (Phi) is 5.42. The number of alkyl halides is 6. The SMILES string of the molecule is O=[N+]([O-])c1cc([N+](=O)[O-])c(OCC(F)(F)F)cc1OCC(F)(F)F. The molecular weight excluding hydrogens is 358 g/mol. The van der Waals surface area contributed by atoms with E-state index in [-0.39, 0.29) is 12.1 Å². The van der Waals surface area contributed by atoms with Gasteiger partial charge in [0.1, 0.15) is 6.07 Å². The Hall–Kier alpha value is -2.80. The standard InChI is InChI=1S/C10H6F6N2O6/c11-9(12,13)3-23-7-2-8(24-4-10(14,15)16)6(18(21)22)1-5(7)17(19)20/h1-2H,3-4H2. The average Bonchev–Trinajstić information content (AvgIpc) is 2.40. The second kappa shape index (κ2) is 6.76. The topological polar surface area (TPSA) is 105 Å². The number of nitro groups is 2. The van der Waals surface area contributed by atoms with Crippen molar-refractivity contribution in [1.82, 2.24) is 0 Å². The molecule has 0 saturated heterocycles. The lowest BCUT2D eigenvalue weighted by molar-refractivity contribution is -0.395. The summed E-state index contributed by atoms with van der Waals surface area (Å²) < 4.78 is 80.9. The molecule has 1 rings (SSSR count). The molecule has 1 aromatic rings. The van der Waals surface area contributed by atoms with E-state index in [0.717, 1.165) is 0 Å². The van der Waals surface area contributed by atoms with Gasteiger partial charge in [-0.3, -0.25) is 20.2 Å². The van der Waals surface area contributed by atoms with Crippen molar-refractivity contribution >= 4 is 11.4 Å². The molecule has 0 amide bonds. The Morgan fingerprint density at radius 2 is 1.12 bits per heavy atom. The van der Waals surface area contributed by atoms with Gasteiger partial charge in [-0.2, -0.15) is 26.3 Å². The molecule has 0 aliphatic rings. The fourth-order valence-corrected chi connectivity index (χ4v) is 1.37. The molecule has 0 radical (unpaired) electrons. The third-order valence-corrected chi connectivity index (χ3v) is 2.22. The van der Waals surface area contributed by atoms with Gasteiger partial charge in [-0.05, 0) is 0 Å². The van der Waals surface area contributed by atoms with Gasteiger partial charge in [-0.25, -0.2) is 0 Å². The normalized spacial score (nSPS) is 11.9. The van der Waals surface area contributed by atoms with Crippen LogP contribution < -0.4 is 9.47 Å². The van der Waals surface area contributed by atoms with Crippen LogP contribution in [0.5, 0.6) is 11.5 Å². The molecule has 24 heavy (non-hydrogen) atoms. The van der Waals surface area contributed by atoms with E-state index in [4.69, 9.17) is 0 Å². The summed E-state index contributed by atoms with van der Waals surface area (Å²) in [5.41, 5.74) is -2.46. The lowest BCUT2D eigenvalue weighted by Gasteiger charge is -2.12. The third-order valence-electron chi connectivity index (χ3n) is 2.22. The minimum atomic E-state index is -4.90. The quantitative estimate of drug-likeness (QED) is 0.435. The molecule has 1 aromatic carbocycles. The van der Waals surface area contributed by atoms with Crippen LogP contribution in [0.2, 0.25) is 0 Å². The Balaban J connectivity index is 3.29. The maximum Gasteiger partial charge on any atom is 0.422 e. The van der Waals surface area contributed by atoms with Gasteiger partial charge in [0.15, 0.2) is 13.2 Å². The zero-order valence-electron chi connectivity index (χ0n) is 11.2. The molecule has 0 atom stereocenters. The zero-order valence-corrected chi connectivity index (χ0v) is 11.2. The van der Waals surface area contributed by atoms with Crippen LogP contribution in [0.3, 0.4) is 0 Å². The molecule has 0 bridgehead atoms. The van der Waals surface area contributed by atoms with E-state index in [1.165, 1.54) is 0 Å². The summed E-state index contributed by atoms with van der Waals surface area (Å²) in [6.45, 7) is -3.99. The highest BCUT2D eigenvalue weighted by Gasteiger charge is 2.34. The van der Waals surface area contributed by atoms with Gasteiger partial charge >= 0.3 is 23.7 Å². The summed E-state index contributed by atoms with van der Waals surface area (Å²) >= 11 is 0. The first-order valence-corrected chi connectivity index (χ1v) is 5.66. The number of rotatable bonds is 6. The summed E-state index contributed by atoms with van der Waals surface area (Å²) in [4.78, 5) is 18.9. The van der Waals surface area contributed by atoms with E-state index >= 15 is 0 Å². The maximum atomic E-state index is 12.1. The van der Waals surface area contributed by atoms with E-state index in [1.807, 2.05) is 0 Å². The van der Waals surface area contributed by atoms with Crippen molar-refractivity contribution in [1.29, 1.82) is 0 Å². The molecule has 0 spiro atoms. The van der Waals surface area contributed by atoms with Crippen molar-refractivity contribution in [2.75, 3.05) is 13.2 Å². The highest BCUT2D eigenvalue weighted by Crippen LogP contribution is 2.40. The number of halogens is 6. The van der Waals surface area contributed by atoms with Crippen LogP contribution in [0.25, 0.3) is 0 Å². The molecule has 0 N–H and O–H groups in total. The largest absolute Gasteiger partial charge is 0.477 e. The lowest BCUT2D eigenvalue weighted by atomic mass is 10.2. The number of nitro benzene ring substituents is 2. The number of nitrogens with zero attached hydrogens (tertiary/aromatic N) is 2. The Morgan fingerprint density at radius 3 is 1.38 bits per heavy atom. The molecular formula is C10H6F6N2O6. The van der Waals surface area contributed by atoms with Crippen molar-refractivity contribution in [3.8, 4) is 11.5 Å². The molecule has 0 saturated carbocycles. The van der Waals surface area contributed by atoms with Crippen LogP contribution in [0.15, 0.2) is 12.1 Å². The van der Waals surface area contributed by atoms with E-state index in [0.29, 0.717) is 0 Å². The van der Waals surface area contributed by atoms with Crippen LogP contribution in [-0.4, -0.2) is 35.4 Å². The first-order chi connectivity index (χ1) is 10.8. The highest BCUT2D eigenvalue weighted by molar-refractivity contribution is 5.61. The van der Waals surface area contributed by atoms with Crippen LogP contribution in [0, 0.1) is 20.2 Å².